The summed E-state index contributed by atoms with van der Waals surface area (Å²) in [6.07, 6.45) is 1.77. The molecule has 0 unspecified atom stereocenters. The molecule has 1 aliphatic carbocycles. The third kappa shape index (κ3) is 5.25. The summed E-state index contributed by atoms with van der Waals surface area (Å²) >= 11 is 0. The largest absolute Gasteiger partial charge is 0.444 e. The Kier molecular flexibility index (Phi) is 5.26. The van der Waals surface area contributed by atoms with E-state index < -0.39 is 11.7 Å². The maximum absolute atomic E-state index is 11.8. The number of carbonyl (C=O) groups excluding carboxylic acids is 2. The highest BCUT2D eigenvalue weighted by molar-refractivity contribution is 5.93. The fourth-order valence-corrected chi connectivity index (χ4v) is 2.30. The minimum absolute atomic E-state index is 0.277. The zero-order valence-corrected chi connectivity index (χ0v) is 14.1. The number of rotatable bonds is 5. The maximum Gasteiger partial charge on any atom is 0.407 e. The van der Waals surface area contributed by atoms with Crippen LogP contribution in [0.3, 0.4) is 0 Å². The van der Waals surface area contributed by atoms with Crippen LogP contribution in [-0.2, 0) is 16.1 Å². The van der Waals surface area contributed by atoms with Crippen molar-refractivity contribution in [1.82, 2.24) is 10.8 Å². The van der Waals surface area contributed by atoms with Gasteiger partial charge in [-0.05, 0) is 62.8 Å². The quantitative estimate of drug-likeness (QED) is 0.818. The van der Waals surface area contributed by atoms with Gasteiger partial charge in [-0.1, -0.05) is 6.07 Å². The van der Waals surface area contributed by atoms with Gasteiger partial charge in [0.1, 0.15) is 5.60 Å². The Hall–Kier alpha value is -2.08. The number of hydrogen-bond acceptors (Lipinski definition) is 4. The summed E-state index contributed by atoms with van der Waals surface area (Å²) < 4.78 is 5.24. The zero-order chi connectivity index (χ0) is 17.0. The lowest BCUT2D eigenvalue weighted by Crippen LogP contribution is -2.32. The van der Waals surface area contributed by atoms with Crippen LogP contribution >= 0.6 is 0 Å². The minimum Gasteiger partial charge on any atom is -0.444 e. The Morgan fingerprint density at radius 3 is 2.52 bits per heavy atom. The van der Waals surface area contributed by atoms with Crippen LogP contribution in [0.1, 0.15) is 61.0 Å². The van der Waals surface area contributed by atoms with E-state index in [2.05, 4.69) is 15.6 Å². The van der Waals surface area contributed by atoms with Crippen LogP contribution in [0.2, 0.25) is 0 Å². The number of ether oxygens (including phenoxy) is 1. The molecule has 6 nitrogen and oxygen atoms in total. The zero-order valence-electron chi connectivity index (χ0n) is 14.1. The Labute approximate surface area is 136 Å². The molecule has 1 aliphatic rings. The highest BCUT2D eigenvalue weighted by Crippen LogP contribution is 2.42. The molecular formula is C17H24N2O4. The second-order valence-corrected chi connectivity index (χ2v) is 6.68. The second kappa shape index (κ2) is 7.00. The molecule has 2 amide bonds. The van der Waals surface area contributed by atoms with Gasteiger partial charge >= 0.3 is 6.09 Å². The van der Waals surface area contributed by atoms with E-state index in [1.54, 1.807) is 6.07 Å². The Balaban J connectivity index is 2.07. The van der Waals surface area contributed by atoms with Gasteiger partial charge in [0.25, 0.3) is 5.91 Å². The lowest BCUT2D eigenvalue weighted by Gasteiger charge is -2.20. The van der Waals surface area contributed by atoms with Gasteiger partial charge in [-0.2, -0.15) is 0 Å². The second-order valence-electron chi connectivity index (χ2n) is 6.68. The van der Waals surface area contributed by atoms with Crippen molar-refractivity contribution < 1.29 is 19.2 Å². The third-order valence-electron chi connectivity index (χ3n) is 3.44. The number of carbonyl (C=O) groups is 2. The number of nitrogens with one attached hydrogen (secondary N) is 2. The molecule has 0 aromatic heterocycles. The summed E-state index contributed by atoms with van der Waals surface area (Å²) in [5.74, 6) is 0.182. The van der Waals surface area contributed by atoms with Gasteiger partial charge in [0.2, 0.25) is 0 Å². The average Bonchev–Trinajstić information content (AvgIpc) is 3.28. The maximum atomic E-state index is 11.8. The fourth-order valence-electron chi connectivity index (χ4n) is 2.30. The van der Waals surface area contributed by atoms with Crippen LogP contribution in [0.5, 0.6) is 0 Å². The highest BCUT2D eigenvalue weighted by atomic mass is 16.6. The fraction of sp³-hybridized carbons (Fsp3) is 0.529. The van der Waals surface area contributed by atoms with Crippen molar-refractivity contribution >= 4 is 12.0 Å². The van der Waals surface area contributed by atoms with E-state index in [-0.39, 0.29) is 5.91 Å². The Bertz CT molecular complexity index is 589. The molecule has 6 heteroatoms. The van der Waals surface area contributed by atoms with Gasteiger partial charge < -0.3 is 10.1 Å². The van der Waals surface area contributed by atoms with Crippen LogP contribution in [0.25, 0.3) is 0 Å². The molecule has 2 rings (SSSR count). The SMILES string of the molecule is CONC(=O)c1ccc(CNC(=O)OC(C)(C)C)c(C2CC2)c1. The lowest BCUT2D eigenvalue weighted by atomic mass is 9.99. The summed E-state index contributed by atoms with van der Waals surface area (Å²) in [6.45, 7) is 5.86. The standard InChI is InChI=1S/C17H24N2O4/c1-17(2,3)23-16(21)18-10-13-8-7-12(15(20)19-22-4)9-14(13)11-5-6-11/h7-9,11H,5-6,10H2,1-4H3,(H,18,21)(H,19,20). The molecule has 0 aliphatic heterocycles. The average molecular weight is 320 g/mol. The van der Waals surface area contributed by atoms with E-state index in [4.69, 9.17) is 4.74 Å². The molecule has 1 fully saturated rings. The van der Waals surface area contributed by atoms with Crippen LogP contribution in [-0.4, -0.2) is 24.7 Å². The van der Waals surface area contributed by atoms with Crippen molar-refractivity contribution in [3.63, 3.8) is 0 Å². The van der Waals surface area contributed by atoms with Crippen molar-refractivity contribution in [2.24, 2.45) is 0 Å². The number of amides is 2. The van der Waals surface area contributed by atoms with E-state index in [1.807, 2.05) is 32.9 Å². The lowest BCUT2D eigenvalue weighted by molar-refractivity contribution is 0.0519. The van der Waals surface area contributed by atoms with E-state index in [0.717, 1.165) is 24.0 Å². The molecule has 0 radical (unpaired) electrons. The molecule has 2 N–H and O–H groups in total. The molecule has 1 aromatic rings. The van der Waals surface area contributed by atoms with Crippen LogP contribution < -0.4 is 10.8 Å². The molecule has 126 valence electrons. The molecule has 23 heavy (non-hydrogen) atoms. The predicted molar refractivity (Wildman–Crippen MR) is 86.0 cm³/mol. The number of hydroxylamine groups is 1. The highest BCUT2D eigenvalue weighted by Gasteiger charge is 2.27. The first kappa shape index (κ1) is 17.3. The summed E-state index contributed by atoms with van der Waals surface area (Å²) in [5.41, 5.74) is 4.45. The smallest absolute Gasteiger partial charge is 0.407 e. The first-order chi connectivity index (χ1) is 10.8. The normalized spacial score (nSPS) is 14.3. The van der Waals surface area contributed by atoms with Crippen LogP contribution in [0, 0.1) is 0 Å². The molecule has 0 bridgehead atoms. The first-order valence-corrected chi connectivity index (χ1v) is 7.73. The monoisotopic (exact) mass is 320 g/mol. The van der Waals surface area contributed by atoms with Crippen molar-refractivity contribution in [3.8, 4) is 0 Å². The predicted octanol–water partition coefficient (Wildman–Crippen LogP) is 2.88. The van der Waals surface area contributed by atoms with Crippen LogP contribution in [0.4, 0.5) is 4.79 Å². The van der Waals surface area contributed by atoms with Gasteiger partial charge in [0.05, 0.1) is 7.11 Å². The molecule has 1 saturated carbocycles. The molecular weight excluding hydrogens is 296 g/mol. The molecule has 1 aromatic carbocycles. The van der Waals surface area contributed by atoms with Crippen molar-refractivity contribution in [1.29, 1.82) is 0 Å². The Morgan fingerprint density at radius 1 is 1.26 bits per heavy atom. The molecule has 0 saturated heterocycles. The molecule has 0 spiro atoms. The van der Waals surface area contributed by atoms with Gasteiger partial charge in [0, 0.05) is 12.1 Å². The topological polar surface area (TPSA) is 76.7 Å². The van der Waals surface area contributed by atoms with Gasteiger partial charge in [-0.3, -0.25) is 9.63 Å². The molecule has 0 heterocycles. The summed E-state index contributed by atoms with van der Waals surface area (Å²) in [5, 5.41) is 2.77. The van der Waals surface area contributed by atoms with Crippen molar-refractivity contribution in [2.75, 3.05) is 7.11 Å². The van der Waals surface area contributed by atoms with E-state index in [9.17, 15) is 9.59 Å². The number of alkyl carbamates (subject to hydrolysis) is 1. The first-order valence-electron chi connectivity index (χ1n) is 7.73. The summed E-state index contributed by atoms with van der Waals surface area (Å²) in [4.78, 5) is 28.3. The number of hydrogen-bond donors (Lipinski definition) is 2. The third-order valence-corrected chi connectivity index (χ3v) is 3.44. The minimum atomic E-state index is -0.522. The number of benzene rings is 1. The summed E-state index contributed by atoms with van der Waals surface area (Å²) in [7, 11) is 1.40. The Morgan fingerprint density at radius 2 is 1.96 bits per heavy atom. The van der Waals surface area contributed by atoms with E-state index in [0.29, 0.717) is 18.0 Å². The van der Waals surface area contributed by atoms with Crippen molar-refractivity contribution in [3.05, 3.63) is 34.9 Å². The van der Waals surface area contributed by atoms with Crippen molar-refractivity contribution in [2.45, 2.75) is 51.7 Å². The summed E-state index contributed by atoms with van der Waals surface area (Å²) in [6, 6.07) is 5.47. The van der Waals surface area contributed by atoms with Gasteiger partial charge in [-0.25, -0.2) is 10.3 Å². The van der Waals surface area contributed by atoms with Gasteiger partial charge in [-0.15, -0.1) is 0 Å². The van der Waals surface area contributed by atoms with Gasteiger partial charge in [0.15, 0.2) is 0 Å². The molecule has 0 atom stereocenters. The van der Waals surface area contributed by atoms with Crippen LogP contribution in [0.15, 0.2) is 18.2 Å². The van der Waals surface area contributed by atoms with E-state index >= 15 is 0 Å². The van der Waals surface area contributed by atoms with E-state index in [1.165, 1.54) is 7.11 Å².